The molecule has 5 nitrogen and oxygen atoms in total. The Hall–Kier alpha value is -0.940. The van der Waals surface area contributed by atoms with Gasteiger partial charge < -0.3 is 14.6 Å². The van der Waals surface area contributed by atoms with Crippen molar-refractivity contribution < 1.29 is 9.26 Å². The summed E-state index contributed by atoms with van der Waals surface area (Å²) >= 11 is 0. The predicted octanol–water partition coefficient (Wildman–Crippen LogP) is -0.122. The molecule has 1 fully saturated rings. The number of rotatable bonds is 1. The molecule has 0 atom stereocenters. The molecular weight excluding hydrogens is 158 g/mol. The van der Waals surface area contributed by atoms with Gasteiger partial charge in [0, 0.05) is 18.4 Å². The van der Waals surface area contributed by atoms with E-state index in [1.165, 1.54) is 0 Å². The maximum Gasteiger partial charge on any atom is 0.164 e. The Bertz CT molecular complexity index is 255. The van der Waals surface area contributed by atoms with Crippen LogP contribution in [-0.4, -0.2) is 30.1 Å². The van der Waals surface area contributed by atoms with Crippen molar-refractivity contribution in [3.63, 3.8) is 0 Å². The molecule has 65 valence electrons. The Morgan fingerprint density at radius 1 is 1.50 bits per heavy atom. The average Bonchev–Trinajstić information content (AvgIpc) is 2.53. The van der Waals surface area contributed by atoms with Crippen molar-refractivity contribution in [1.82, 2.24) is 15.7 Å². The van der Waals surface area contributed by atoms with E-state index in [1.807, 2.05) is 6.92 Å². The van der Waals surface area contributed by atoms with E-state index < -0.39 is 0 Å². The number of ether oxygens (including phenoxy) is 1. The molecule has 0 amide bonds. The van der Waals surface area contributed by atoms with Gasteiger partial charge in [-0.3, -0.25) is 0 Å². The Kier molecular flexibility index (Phi) is 2.05. The highest BCUT2D eigenvalue weighted by molar-refractivity contribution is 5.21. The van der Waals surface area contributed by atoms with Gasteiger partial charge in [0.25, 0.3) is 0 Å². The third-order valence-corrected chi connectivity index (χ3v) is 1.76. The fraction of sp³-hybridized carbons (Fsp3) is 0.571. The van der Waals surface area contributed by atoms with Crippen LogP contribution in [0.5, 0.6) is 0 Å². The minimum atomic E-state index is 0.682. The third-order valence-electron chi connectivity index (χ3n) is 1.76. The fourth-order valence-electron chi connectivity index (χ4n) is 1.14. The van der Waals surface area contributed by atoms with Gasteiger partial charge in [0.05, 0.1) is 6.61 Å². The van der Waals surface area contributed by atoms with Gasteiger partial charge in [0.1, 0.15) is 5.69 Å². The summed E-state index contributed by atoms with van der Waals surface area (Å²) < 4.78 is 10.2. The molecule has 1 aliphatic heterocycles. The first kappa shape index (κ1) is 7.70. The number of aromatic nitrogens is 2. The largest absolute Gasteiger partial charge is 0.362 e. The van der Waals surface area contributed by atoms with Gasteiger partial charge in [-0.1, -0.05) is 0 Å². The van der Waals surface area contributed by atoms with Crippen LogP contribution < -0.4 is 5.32 Å². The first-order chi connectivity index (χ1) is 5.88. The standard InChI is InChI=1S/C7H10N3O2/c1-5-7(9-10-12-5)6-4-8-2-3-11-6/h8H,2-4H2,1H3. The highest BCUT2D eigenvalue weighted by atomic mass is 16.5. The summed E-state index contributed by atoms with van der Waals surface area (Å²) in [5.74, 6) is 0.703. The van der Waals surface area contributed by atoms with Crippen LogP contribution in [0.3, 0.4) is 0 Å². The monoisotopic (exact) mass is 168 g/mol. The molecule has 1 radical (unpaired) electrons. The maximum atomic E-state index is 5.39. The Balaban J connectivity index is 2.13. The molecule has 12 heavy (non-hydrogen) atoms. The van der Waals surface area contributed by atoms with Crippen molar-refractivity contribution >= 4 is 0 Å². The fourth-order valence-corrected chi connectivity index (χ4v) is 1.14. The Morgan fingerprint density at radius 2 is 2.42 bits per heavy atom. The second-order valence-corrected chi connectivity index (χ2v) is 2.63. The van der Waals surface area contributed by atoms with Crippen LogP contribution in [0, 0.1) is 13.0 Å². The van der Waals surface area contributed by atoms with Crippen molar-refractivity contribution in [3.8, 4) is 0 Å². The zero-order valence-corrected chi connectivity index (χ0v) is 6.83. The first-order valence-electron chi connectivity index (χ1n) is 3.86. The molecule has 0 aromatic carbocycles. The average molecular weight is 168 g/mol. The Morgan fingerprint density at radius 3 is 3.00 bits per heavy atom. The van der Waals surface area contributed by atoms with Gasteiger partial charge in [-0.2, -0.15) is 0 Å². The second-order valence-electron chi connectivity index (χ2n) is 2.63. The number of hydrogen-bond donors (Lipinski definition) is 1. The van der Waals surface area contributed by atoms with Crippen LogP contribution in [0.4, 0.5) is 0 Å². The number of morpholine rings is 1. The molecule has 1 aliphatic rings. The van der Waals surface area contributed by atoms with Gasteiger partial charge in [0.15, 0.2) is 11.9 Å². The minimum absolute atomic E-state index is 0.682. The summed E-state index contributed by atoms with van der Waals surface area (Å²) in [6.07, 6.45) is 0.819. The van der Waals surface area contributed by atoms with Crippen LogP contribution in [0.1, 0.15) is 11.5 Å². The lowest BCUT2D eigenvalue weighted by Crippen LogP contribution is -2.34. The van der Waals surface area contributed by atoms with Crippen LogP contribution in [0.25, 0.3) is 0 Å². The third kappa shape index (κ3) is 1.33. The summed E-state index contributed by atoms with van der Waals surface area (Å²) in [5.41, 5.74) is 0.724. The van der Waals surface area contributed by atoms with Gasteiger partial charge >= 0.3 is 0 Å². The molecule has 0 spiro atoms. The van der Waals surface area contributed by atoms with E-state index >= 15 is 0 Å². The van der Waals surface area contributed by atoms with E-state index in [0.29, 0.717) is 18.9 Å². The van der Waals surface area contributed by atoms with E-state index in [4.69, 9.17) is 9.26 Å². The van der Waals surface area contributed by atoms with Crippen molar-refractivity contribution in [2.45, 2.75) is 6.92 Å². The summed E-state index contributed by atoms with van der Waals surface area (Å²) in [6, 6.07) is 0. The van der Waals surface area contributed by atoms with Crippen molar-refractivity contribution in [1.29, 1.82) is 0 Å². The van der Waals surface area contributed by atoms with Crippen molar-refractivity contribution in [2.24, 2.45) is 0 Å². The highest BCUT2D eigenvalue weighted by Gasteiger charge is 2.22. The molecule has 2 heterocycles. The summed E-state index contributed by atoms with van der Waals surface area (Å²) in [5, 5.41) is 10.4. The Labute approximate surface area is 70.1 Å². The molecule has 0 aliphatic carbocycles. The van der Waals surface area contributed by atoms with Gasteiger partial charge in [-0.15, -0.1) is 5.10 Å². The number of aryl methyl sites for hydroxylation is 1. The smallest absolute Gasteiger partial charge is 0.164 e. The lowest BCUT2D eigenvalue weighted by molar-refractivity contribution is 0.126. The summed E-state index contributed by atoms with van der Waals surface area (Å²) in [7, 11) is 0. The predicted molar refractivity (Wildman–Crippen MR) is 40.2 cm³/mol. The van der Waals surface area contributed by atoms with Gasteiger partial charge in [-0.25, -0.2) is 0 Å². The number of hydrogen-bond acceptors (Lipinski definition) is 5. The van der Waals surface area contributed by atoms with Crippen LogP contribution in [-0.2, 0) is 4.74 Å². The molecule has 0 bridgehead atoms. The van der Waals surface area contributed by atoms with E-state index in [2.05, 4.69) is 15.7 Å². The molecule has 1 saturated heterocycles. The highest BCUT2D eigenvalue weighted by Crippen LogP contribution is 2.17. The lowest BCUT2D eigenvalue weighted by Gasteiger charge is -2.20. The van der Waals surface area contributed by atoms with E-state index in [1.54, 1.807) is 0 Å². The molecule has 2 rings (SSSR count). The van der Waals surface area contributed by atoms with Gasteiger partial charge in [0.2, 0.25) is 0 Å². The minimum Gasteiger partial charge on any atom is -0.362 e. The second kappa shape index (κ2) is 3.20. The quantitative estimate of drug-likeness (QED) is 0.633. The molecular formula is C7H10N3O2. The normalized spacial score (nSPS) is 19.8. The molecule has 5 heteroatoms. The van der Waals surface area contributed by atoms with Crippen molar-refractivity contribution in [3.05, 3.63) is 17.6 Å². The summed E-state index contributed by atoms with van der Waals surface area (Å²) in [4.78, 5) is 0. The SMILES string of the molecule is Cc1onnc1[C]1CNCCO1. The van der Waals surface area contributed by atoms with Crippen molar-refractivity contribution in [2.75, 3.05) is 19.7 Å². The lowest BCUT2D eigenvalue weighted by atomic mass is 10.2. The molecule has 1 N–H and O–H groups in total. The zero-order valence-electron chi connectivity index (χ0n) is 6.83. The maximum absolute atomic E-state index is 5.39. The van der Waals surface area contributed by atoms with E-state index in [9.17, 15) is 0 Å². The zero-order chi connectivity index (χ0) is 8.39. The summed E-state index contributed by atoms with van der Waals surface area (Å²) in [6.45, 7) is 4.09. The first-order valence-corrected chi connectivity index (χ1v) is 3.86. The number of nitrogens with zero attached hydrogens (tertiary/aromatic N) is 2. The molecule has 1 aromatic rings. The van der Waals surface area contributed by atoms with Crippen LogP contribution >= 0.6 is 0 Å². The molecule has 1 aromatic heterocycles. The van der Waals surface area contributed by atoms with Gasteiger partial charge in [-0.05, 0) is 6.92 Å². The topological polar surface area (TPSA) is 60.2 Å². The molecule has 0 saturated carbocycles. The van der Waals surface area contributed by atoms with E-state index in [-0.39, 0.29) is 0 Å². The number of nitrogens with one attached hydrogen (secondary N) is 1. The van der Waals surface area contributed by atoms with Crippen LogP contribution in [0.2, 0.25) is 0 Å². The molecule has 0 unspecified atom stereocenters. The van der Waals surface area contributed by atoms with Crippen LogP contribution in [0.15, 0.2) is 4.52 Å². The van der Waals surface area contributed by atoms with E-state index in [0.717, 1.165) is 18.3 Å².